The van der Waals surface area contributed by atoms with Crippen LogP contribution in [0.5, 0.6) is 0 Å². The van der Waals surface area contributed by atoms with Crippen LogP contribution in [-0.4, -0.2) is 18.3 Å². The number of benzene rings is 2. The van der Waals surface area contributed by atoms with Crippen molar-refractivity contribution in [2.75, 3.05) is 6.54 Å². The fourth-order valence-electron chi connectivity index (χ4n) is 2.82. The predicted octanol–water partition coefficient (Wildman–Crippen LogP) is 3.42. The Hall–Kier alpha value is -2.19. The third kappa shape index (κ3) is 2.19. The summed E-state index contributed by atoms with van der Waals surface area (Å²) in [5.74, 6) is 0. The van der Waals surface area contributed by atoms with Gasteiger partial charge in [-0.2, -0.15) is 0 Å². The molecule has 0 aliphatic heterocycles. The molecule has 0 fully saturated rings. The highest BCUT2D eigenvalue weighted by atomic mass is 14.9. The van der Waals surface area contributed by atoms with Crippen LogP contribution in [0.2, 0.25) is 0 Å². The second-order valence-electron chi connectivity index (χ2n) is 5.07. The third-order valence-corrected chi connectivity index (χ3v) is 3.81. The van der Waals surface area contributed by atoms with Crippen molar-refractivity contribution in [3.8, 4) is 11.1 Å². The molecule has 20 heavy (non-hydrogen) atoms. The summed E-state index contributed by atoms with van der Waals surface area (Å²) in [4.78, 5) is 0. The van der Waals surface area contributed by atoms with E-state index in [1.165, 1.54) is 11.1 Å². The number of hydrogen-bond donors (Lipinski definition) is 2. The minimum absolute atomic E-state index is 0.0396. The molecular weight excluding hydrogens is 244 g/mol. The van der Waals surface area contributed by atoms with Crippen LogP contribution in [0.4, 0.5) is 0 Å². The zero-order valence-corrected chi connectivity index (χ0v) is 11.4. The monoisotopic (exact) mass is 262 g/mol. The molecule has 1 unspecified atom stereocenters. The highest BCUT2D eigenvalue weighted by Crippen LogP contribution is 2.32. The predicted molar refractivity (Wildman–Crippen MR) is 84.4 cm³/mol. The molecular formula is C18H18N2. The maximum atomic E-state index is 8.53. The van der Waals surface area contributed by atoms with Crippen molar-refractivity contribution in [2.24, 2.45) is 0 Å². The largest absolute Gasteiger partial charge is 0.305 e. The molecule has 0 radical (unpaired) electrons. The van der Waals surface area contributed by atoms with Gasteiger partial charge in [-0.05, 0) is 23.1 Å². The van der Waals surface area contributed by atoms with Gasteiger partial charge in [0.15, 0.2) is 0 Å². The van der Waals surface area contributed by atoms with Crippen molar-refractivity contribution in [3.63, 3.8) is 0 Å². The summed E-state index contributed by atoms with van der Waals surface area (Å²) >= 11 is 0. The zero-order chi connectivity index (χ0) is 13.9. The lowest BCUT2D eigenvalue weighted by Crippen LogP contribution is -2.38. The van der Waals surface area contributed by atoms with Crippen LogP contribution in [0.25, 0.3) is 11.1 Å². The molecule has 3 rings (SSSR count). The number of hydrogen-bond acceptors (Lipinski definition) is 2. The molecule has 2 nitrogen and oxygen atoms in total. The maximum Gasteiger partial charge on any atom is 0.0565 e. The molecule has 1 aliphatic rings. The van der Waals surface area contributed by atoms with E-state index in [9.17, 15) is 0 Å². The Morgan fingerprint density at radius 2 is 1.70 bits per heavy atom. The van der Waals surface area contributed by atoms with E-state index in [0.717, 1.165) is 24.1 Å². The van der Waals surface area contributed by atoms with Gasteiger partial charge in [0.25, 0.3) is 0 Å². The van der Waals surface area contributed by atoms with Crippen LogP contribution in [0, 0.1) is 5.41 Å². The van der Waals surface area contributed by atoms with Crippen LogP contribution in [0.1, 0.15) is 11.1 Å². The van der Waals surface area contributed by atoms with Crippen LogP contribution in [0.15, 0.2) is 61.2 Å². The highest BCUT2D eigenvalue weighted by Gasteiger charge is 2.24. The molecule has 0 bridgehead atoms. The van der Waals surface area contributed by atoms with Crippen molar-refractivity contribution in [1.29, 1.82) is 5.41 Å². The summed E-state index contributed by atoms with van der Waals surface area (Å²) in [5.41, 5.74) is 5.40. The number of fused-ring (bicyclic) bond motifs is 3. The van der Waals surface area contributed by atoms with Crippen molar-refractivity contribution < 1.29 is 0 Å². The van der Waals surface area contributed by atoms with Gasteiger partial charge < -0.3 is 10.7 Å². The topological polar surface area (TPSA) is 35.9 Å². The van der Waals surface area contributed by atoms with Gasteiger partial charge in [-0.3, -0.25) is 0 Å². The van der Waals surface area contributed by atoms with Crippen molar-refractivity contribution >= 4 is 5.71 Å². The van der Waals surface area contributed by atoms with Gasteiger partial charge >= 0.3 is 0 Å². The molecule has 0 aromatic heterocycles. The van der Waals surface area contributed by atoms with Gasteiger partial charge in [0.1, 0.15) is 0 Å². The first-order valence-corrected chi connectivity index (χ1v) is 6.91. The van der Waals surface area contributed by atoms with E-state index in [1.54, 1.807) is 0 Å². The SMILES string of the molecule is C=CCNC1Cc2ccccc2-c2ccccc2C1=N. The third-order valence-electron chi connectivity index (χ3n) is 3.81. The Bertz CT molecular complexity index is 658. The van der Waals surface area contributed by atoms with E-state index < -0.39 is 0 Å². The second kappa shape index (κ2) is 5.43. The minimum atomic E-state index is 0.0396. The van der Waals surface area contributed by atoms with E-state index in [0.29, 0.717) is 5.71 Å². The molecule has 2 aromatic carbocycles. The van der Waals surface area contributed by atoms with E-state index in [4.69, 9.17) is 5.41 Å². The summed E-state index contributed by atoms with van der Waals surface area (Å²) in [6.07, 6.45) is 2.69. The van der Waals surface area contributed by atoms with Crippen LogP contribution in [-0.2, 0) is 6.42 Å². The Balaban J connectivity index is 2.14. The first kappa shape index (κ1) is 12.8. The molecule has 0 saturated carbocycles. The average molecular weight is 262 g/mol. The minimum Gasteiger partial charge on any atom is -0.305 e. The average Bonchev–Trinajstić information content (AvgIpc) is 2.62. The van der Waals surface area contributed by atoms with Crippen LogP contribution >= 0.6 is 0 Å². The Morgan fingerprint density at radius 3 is 2.45 bits per heavy atom. The van der Waals surface area contributed by atoms with Crippen molar-refractivity contribution in [1.82, 2.24) is 5.32 Å². The first-order valence-electron chi connectivity index (χ1n) is 6.91. The van der Waals surface area contributed by atoms with Crippen LogP contribution < -0.4 is 5.32 Å². The lowest BCUT2D eigenvalue weighted by atomic mass is 9.96. The second-order valence-corrected chi connectivity index (χ2v) is 5.07. The van der Waals surface area contributed by atoms with Gasteiger partial charge in [-0.25, -0.2) is 0 Å². The standard InChI is InChI=1S/C18H18N2/c1-2-11-20-17-12-13-7-3-4-8-14(13)15-9-5-6-10-16(15)18(17)19/h2-10,17,19-20H,1,11-12H2. The Kier molecular flexibility index (Phi) is 3.48. The molecule has 0 amide bonds. The van der Waals surface area contributed by atoms with Gasteiger partial charge in [0.2, 0.25) is 0 Å². The van der Waals surface area contributed by atoms with Gasteiger partial charge in [-0.1, -0.05) is 54.6 Å². The molecule has 2 heteroatoms. The molecule has 0 heterocycles. The van der Waals surface area contributed by atoms with E-state index >= 15 is 0 Å². The Labute approximate surface area is 119 Å². The fraction of sp³-hybridized carbons (Fsp3) is 0.167. The summed E-state index contributed by atoms with van der Waals surface area (Å²) in [6, 6.07) is 16.7. The number of rotatable bonds is 3. The van der Waals surface area contributed by atoms with Crippen LogP contribution in [0.3, 0.4) is 0 Å². The van der Waals surface area contributed by atoms with E-state index in [1.807, 2.05) is 24.3 Å². The van der Waals surface area contributed by atoms with Gasteiger partial charge in [0.05, 0.1) is 11.8 Å². The molecule has 0 spiro atoms. The molecule has 2 aromatic rings. The fourth-order valence-corrected chi connectivity index (χ4v) is 2.82. The first-order chi connectivity index (χ1) is 9.81. The quantitative estimate of drug-likeness (QED) is 0.817. The maximum absolute atomic E-state index is 8.53. The molecule has 1 atom stereocenters. The Morgan fingerprint density at radius 1 is 1.05 bits per heavy atom. The summed E-state index contributed by atoms with van der Waals surface area (Å²) in [7, 11) is 0. The van der Waals surface area contributed by atoms with E-state index in [-0.39, 0.29) is 6.04 Å². The molecule has 2 N–H and O–H groups in total. The normalized spacial score (nSPS) is 17.0. The highest BCUT2D eigenvalue weighted by molar-refractivity contribution is 6.08. The summed E-state index contributed by atoms with van der Waals surface area (Å²) in [6.45, 7) is 4.47. The lowest BCUT2D eigenvalue weighted by Gasteiger charge is -2.17. The lowest BCUT2D eigenvalue weighted by molar-refractivity contribution is 0.660. The molecule has 100 valence electrons. The van der Waals surface area contributed by atoms with Crippen molar-refractivity contribution in [2.45, 2.75) is 12.5 Å². The summed E-state index contributed by atoms with van der Waals surface area (Å²) < 4.78 is 0. The van der Waals surface area contributed by atoms with Gasteiger partial charge in [0, 0.05) is 12.1 Å². The van der Waals surface area contributed by atoms with Gasteiger partial charge in [-0.15, -0.1) is 6.58 Å². The summed E-state index contributed by atoms with van der Waals surface area (Å²) in [5, 5.41) is 11.9. The molecule has 0 saturated heterocycles. The zero-order valence-electron chi connectivity index (χ0n) is 11.4. The molecule has 1 aliphatic carbocycles. The smallest absolute Gasteiger partial charge is 0.0565 e. The number of nitrogens with one attached hydrogen (secondary N) is 2. The van der Waals surface area contributed by atoms with E-state index in [2.05, 4.69) is 42.2 Å². The van der Waals surface area contributed by atoms with Crippen molar-refractivity contribution in [3.05, 3.63) is 72.3 Å².